The molecule has 3 rings (SSSR count). The number of hydrogen-bond donors (Lipinski definition) is 4. The van der Waals surface area contributed by atoms with E-state index in [9.17, 15) is 22.9 Å². The molecule has 3 amide bonds. The van der Waals surface area contributed by atoms with Crippen LogP contribution in [0.1, 0.15) is 5.56 Å². The van der Waals surface area contributed by atoms with Gasteiger partial charge in [-0.15, -0.1) is 0 Å². The predicted octanol–water partition coefficient (Wildman–Crippen LogP) is 4.05. The van der Waals surface area contributed by atoms with Gasteiger partial charge in [0.05, 0.1) is 30.9 Å². The van der Waals surface area contributed by atoms with Crippen molar-refractivity contribution in [3.8, 4) is 0 Å². The molecule has 40 heavy (non-hydrogen) atoms. The van der Waals surface area contributed by atoms with Crippen LogP contribution >= 0.6 is 19.4 Å². The Labute approximate surface area is 232 Å². The lowest BCUT2D eigenvalue weighted by Crippen LogP contribution is -2.48. The number of carbonyl (C=O) groups is 2. The molecular formula is C24H26ClF2N4O8P. The van der Waals surface area contributed by atoms with Crippen LogP contribution in [0, 0.1) is 11.6 Å². The van der Waals surface area contributed by atoms with Crippen LogP contribution < -0.4 is 10.6 Å². The van der Waals surface area contributed by atoms with Crippen molar-refractivity contribution in [1.82, 2.24) is 15.2 Å². The molecule has 0 spiro atoms. The molecule has 0 aliphatic carbocycles. The zero-order valence-electron chi connectivity index (χ0n) is 21.1. The summed E-state index contributed by atoms with van der Waals surface area (Å²) in [5, 5.41) is 6.02. The third-order valence-corrected chi connectivity index (χ3v) is 6.39. The number of nitrogens with one attached hydrogen (secondary N) is 2. The van der Waals surface area contributed by atoms with Gasteiger partial charge in [-0.05, 0) is 41.3 Å². The van der Waals surface area contributed by atoms with Gasteiger partial charge in [0.1, 0.15) is 24.1 Å². The van der Waals surface area contributed by atoms with E-state index in [-0.39, 0.29) is 37.2 Å². The molecule has 2 aromatic carbocycles. The lowest BCUT2D eigenvalue weighted by molar-refractivity contribution is 0.0318. The van der Waals surface area contributed by atoms with Crippen LogP contribution in [-0.2, 0) is 25.1 Å². The van der Waals surface area contributed by atoms with Gasteiger partial charge in [-0.3, -0.25) is 9.84 Å². The largest absolute Gasteiger partial charge is 0.469 e. The summed E-state index contributed by atoms with van der Waals surface area (Å²) in [7, 11) is -3.29. The molecular weight excluding hydrogens is 577 g/mol. The molecule has 216 valence electrons. The molecule has 12 nitrogen and oxygen atoms in total. The van der Waals surface area contributed by atoms with Gasteiger partial charge in [0.15, 0.2) is 0 Å². The van der Waals surface area contributed by atoms with Crippen molar-refractivity contribution < 1.29 is 46.7 Å². The molecule has 1 heterocycles. The highest BCUT2D eigenvalue weighted by atomic mass is 35.5. The number of aromatic nitrogens is 1. The Hall–Kier alpha value is -3.39. The zero-order valence-corrected chi connectivity index (χ0v) is 22.7. The number of phosphoric ester groups is 1. The van der Waals surface area contributed by atoms with Crippen molar-refractivity contribution in [3.63, 3.8) is 0 Å². The number of likely N-dealkylation sites (N-methyl/N-ethyl adjacent to an activating group) is 1. The minimum Gasteiger partial charge on any atom is -0.447 e. The van der Waals surface area contributed by atoms with E-state index in [2.05, 4.69) is 20.1 Å². The Morgan fingerprint density at radius 3 is 2.65 bits per heavy atom. The summed E-state index contributed by atoms with van der Waals surface area (Å²) in [4.78, 5) is 48.0. The maximum Gasteiger partial charge on any atom is 0.469 e. The van der Waals surface area contributed by atoms with E-state index < -0.39 is 44.2 Å². The quantitative estimate of drug-likeness (QED) is 0.177. The SMILES string of the molecule is CN(C(=O)NCc1cccc(F)c1Cl)[C@@H](COCCOP(=O)(O)O)COC(=O)Nc1cc2cc(F)ccc2cn1. The second-order valence-electron chi connectivity index (χ2n) is 8.32. The fraction of sp³-hybridized carbons (Fsp3) is 0.292. The number of rotatable bonds is 12. The monoisotopic (exact) mass is 602 g/mol. The Morgan fingerprint density at radius 1 is 1.12 bits per heavy atom. The Bertz CT molecular complexity index is 1400. The minimum absolute atomic E-state index is 0.0982. The lowest BCUT2D eigenvalue weighted by atomic mass is 10.2. The highest BCUT2D eigenvalue weighted by molar-refractivity contribution is 7.46. The molecule has 0 bridgehead atoms. The maximum absolute atomic E-state index is 13.7. The Kier molecular flexibility index (Phi) is 11.1. The molecule has 0 fully saturated rings. The number of carbonyl (C=O) groups excluding carboxylic acids is 2. The molecule has 0 aliphatic rings. The second kappa shape index (κ2) is 14.3. The number of anilines is 1. The average molecular weight is 603 g/mol. The first kappa shape index (κ1) is 31.1. The Morgan fingerprint density at radius 2 is 1.90 bits per heavy atom. The summed E-state index contributed by atoms with van der Waals surface area (Å²) in [6, 6.07) is 8.21. The summed E-state index contributed by atoms with van der Waals surface area (Å²) in [5.41, 5.74) is 0.337. The molecule has 1 aromatic heterocycles. The van der Waals surface area contributed by atoms with Gasteiger partial charge in [0.25, 0.3) is 0 Å². The molecule has 0 saturated heterocycles. The number of fused-ring (bicyclic) bond motifs is 1. The maximum atomic E-state index is 13.7. The summed E-state index contributed by atoms with van der Waals surface area (Å²) in [6.45, 7) is -1.34. The number of halogens is 3. The number of ether oxygens (including phenoxy) is 2. The smallest absolute Gasteiger partial charge is 0.447 e. The third kappa shape index (κ3) is 9.66. The van der Waals surface area contributed by atoms with Crippen LogP contribution in [-0.4, -0.2) is 71.3 Å². The molecule has 0 unspecified atom stereocenters. The van der Waals surface area contributed by atoms with Crippen LogP contribution in [0.15, 0.2) is 48.7 Å². The fourth-order valence-electron chi connectivity index (χ4n) is 3.35. The van der Waals surface area contributed by atoms with Crippen LogP contribution in [0.3, 0.4) is 0 Å². The Balaban J connectivity index is 1.60. The number of pyridine rings is 1. The van der Waals surface area contributed by atoms with E-state index in [0.29, 0.717) is 16.3 Å². The van der Waals surface area contributed by atoms with Crippen LogP contribution in [0.4, 0.5) is 24.2 Å². The normalized spacial score (nSPS) is 12.2. The van der Waals surface area contributed by atoms with E-state index in [1.165, 1.54) is 54.5 Å². The second-order valence-corrected chi connectivity index (χ2v) is 9.94. The van der Waals surface area contributed by atoms with Crippen LogP contribution in [0.25, 0.3) is 10.8 Å². The molecule has 3 aromatic rings. The molecule has 0 saturated carbocycles. The van der Waals surface area contributed by atoms with Gasteiger partial charge in [0.2, 0.25) is 0 Å². The van der Waals surface area contributed by atoms with Crippen molar-refractivity contribution in [1.29, 1.82) is 0 Å². The summed E-state index contributed by atoms with van der Waals surface area (Å²) < 4.78 is 52.9. The van der Waals surface area contributed by atoms with Crippen molar-refractivity contribution in [2.24, 2.45) is 0 Å². The van der Waals surface area contributed by atoms with Gasteiger partial charge >= 0.3 is 19.9 Å². The van der Waals surface area contributed by atoms with E-state index in [0.717, 1.165) is 0 Å². The van der Waals surface area contributed by atoms with Gasteiger partial charge in [0, 0.05) is 25.2 Å². The first-order chi connectivity index (χ1) is 18.9. The average Bonchev–Trinajstić information content (AvgIpc) is 2.89. The van der Waals surface area contributed by atoms with E-state index >= 15 is 0 Å². The summed E-state index contributed by atoms with van der Waals surface area (Å²) >= 11 is 5.92. The van der Waals surface area contributed by atoms with Crippen LogP contribution in [0.2, 0.25) is 5.02 Å². The first-order valence-electron chi connectivity index (χ1n) is 11.6. The van der Waals surface area contributed by atoms with Gasteiger partial charge in [-0.25, -0.2) is 27.9 Å². The summed E-state index contributed by atoms with van der Waals surface area (Å²) in [6.07, 6.45) is 0.530. The van der Waals surface area contributed by atoms with E-state index in [1.54, 1.807) is 6.07 Å². The first-order valence-corrected chi connectivity index (χ1v) is 13.5. The molecule has 0 aliphatic heterocycles. The number of phosphoric acid groups is 1. The molecule has 0 radical (unpaired) electrons. The van der Waals surface area contributed by atoms with Gasteiger partial charge < -0.3 is 29.5 Å². The van der Waals surface area contributed by atoms with Crippen molar-refractivity contribution in [3.05, 3.63) is 70.9 Å². The number of hydrogen-bond acceptors (Lipinski definition) is 7. The highest BCUT2D eigenvalue weighted by Gasteiger charge is 2.23. The minimum atomic E-state index is -4.68. The highest BCUT2D eigenvalue weighted by Crippen LogP contribution is 2.35. The molecule has 4 N–H and O–H groups in total. The van der Waals surface area contributed by atoms with Crippen molar-refractivity contribution in [2.75, 3.05) is 38.8 Å². The van der Waals surface area contributed by atoms with Crippen molar-refractivity contribution >= 4 is 48.1 Å². The van der Waals surface area contributed by atoms with E-state index in [1.807, 2.05) is 0 Å². The number of urea groups is 1. The molecule has 1 atom stereocenters. The van der Waals surface area contributed by atoms with Gasteiger partial charge in [-0.2, -0.15) is 0 Å². The van der Waals surface area contributed by atoms with Crippen molar-refractivity contribution in [2.45, 2.75) is 12.6 Å². The molecule has 16 heteroatoms. The topological polar surface area (TPSA) is 160 Å². The van der Waals surface area contributed by atoms with Crippen LogP contribution in [0.5, 0.6) is 0 Å². The third-order valence-electron chi connectivity index (χ3n) is 5.45. The summed E-state index contributed by atoms with van der Waals surface area (Å²) in [5.74, 6) is -0.998. The van der Waals surface area contributed by atoms with E-state index in [4.69, 9.17) is 30.9 Å². The number of amides is 3. The lowest BCUT2D eigenvalue weighted by Gasteiger charge is -2.28. The fourth-order valence-corrected chi connectivity index (χ4v) is 3.85. The predicted molar refractivity (Wildman–Crippen MR) is 141 cm³/mol. The van der Waals surface area contributed by atoms with Gasteiger partial charge in [-0.1, -0.05) is 23.7 Å². The number of benzene rings is 2. The number of nitrogens with zero attached hydrogens (tertiary/aromatic N) is 2. The zero-order chi connectivity index (χ0) is 29.3. The standard InChI is InChI=1S/C24H26ClF2N4O8P/c1-31(23(32)29-12-16-3-2-4-20(27)22(16)25)19(13-37-7-8-39-40(34,35)36)14-38-24(33)30-21-10-17-9-18(26)6-5-15(17)11-28-21/h2-6,9-11,19H,7-8,12-14H2,1H3,(H,29,32)(H,28,30,33)(H2,34,35,36)/t19-/m0/s1.